The van der Waals surface area contributed by atoms with Crippen molar-refractivity contribution < 1.29 is 9.59 Å². The van der Waals surface area contributed by atoms with Gasteiger partial charge in [0.1, 0.15) is 0 Å². The zero-order valence-electron chi connectivity index (χ0n) is 11.8. The molecule has 1 aromatic rings. The van der Waals surface area contributed by atoms with Crippen molar-refractivity contribution in [3.05, 3.63) is 18.5 Å². The molecule has 1 aliphatic carbocycles. The van der Waals surface area contributed by atoms with Crippen LogP contribution in [0.3, 0.4) is 0 Å². The van der Waals surface area contributed by atoms with Gasteiger partial charge in [-0.25, -0.2) is 0 Å². The summed E-state index contributed by atoms with van der Waals surface area (Å²) in [4.78, 5) is 23.1. The van der Waals surface area contributed by atoms with Gasteiger partial charge in [-0.15, -0.1) is 0 Å². The summed E-state index contributed by atoms with van der Waals surface area (Å²) in [6, 6.07) is 1.88. The van der Waals surface area contributed by atoms with E-state index in [0.717, 1.165) is 19.4 Å². The van der Waals surface area contributed by atoms with Gasteiger partial charge in [0.2, 0.25) is 11.8 Å². The van der Waals surface area contributed by atoms with Gasteiger partial charge in [0, 0.05) is 44.4 Å². The highest BCUT2D eigenvalue weighted by molar-refractivity contribution is 5.82. The molecule has 6 nitrogen and oxygen atoms in total. The van der Waals surface area contributed by atoms with Crippen LogP contribution in [-0.2, 0) is 16.1 Å². The third-order valence-electron chi connectivity index (χ3n) is 3.54. The molecule has 2 atom stereocenters. The fourth-order valence-electron chi connectivity index (χ4n) is 2.11. The number of amides is 2. The molecule has 0 saturated heterocycles. The average molecular weight is 278 g/mol. The van der Waals surface area contributed by atoms with E-state index in [1.54, 1.807) is 6.20 Å². The van der Waals surface area contributed by atoms with Crippen molar-refractivity contribution in [3.63, 3.8) is 0 Å². The molecule has 6 heteroatoms. The summed E-state index contributed by atoms with van der Waals surface area (Å²) in [6.07, 6.45) is 5.80. The summed E-state index contributed by atoms with van der Waals surface area (Å²) in [5.74, 6) is 0.747. The fraction of sp³-hybridized carbons (Fsp3) is 0.643. The zero-order chi connectivity index (χ0) is 14.4. The van der Waals surface area contributed by atoms with E-state index in [-0.39, 0.29) is 17.7 Å². The summed E-state index contributed by atoms with van der Waals surface area (Å²) in [5.41, 5.74) is 0. The smallest absolute Gasteiger partial charge is 0.223 e. The molecule has 0 aromatic carbocycles. The summed E-state index contributed by atoms with van der Waals surface area (Å²) in [5, 5.41) is 9.73. The third-order valence-corrected chi connectivity index (χ3v) is 3.54. The topological polar surface area (TPSA) is 76.0 Å². The van der Waals surface area contributed by atoms with Crippen LogP contribution in [0.25, 0.3) is 0 Å². The molecule has 1 fully saturated rings. The molecule has 2 amide bonds. The molecule has 1 heterocycles. The molecular weight excluding hydrogens is 256 g/mol. The minimum Gasteiger partial charge on any atom is -0.356 e. The largest absolute Gasteiger partial charge is 0.356 e. The molecule has 1 saturated carbocycles. The van der Waals surface area contributed by atoms with Gasteiger partial charge >= 0.3 is 0 Å². The van der Waals surface area contributed by atoms with Crippen LogP contribution in [0.5, 0.6) is 0 Å². The molecule has 1 aromatic heterocycles. The van der Waals surface area contributed by atoms with Crippen molar-refractivity contribution in [2.45, 2.75) is 32.7 Å². The van der Waals surface area contributed by atoms with E-state index >= 15 is 0 Å². The molecule has 0 unspecified atom stereocenters. The number of hydrogen-bond acceptors (Lipinski definition) is 3. The Hall–Kier alpha value is -1.85. The van der Waals surface area contributed by atoms with E-state index in [9.17, 15) is 9.59 Å². The molecule has 2 N–H and O–H groups in total. The molecule has 110 valence electrons. The fourth-order valence-corrected chi connectivity index (χ4v) is 2.11. The van der Waals surface area contributed by atoms with Crippen LogP contribution in [-0.4, -0.2) is 34.7 Å². The van der Waals surface area contributed by atoms with Crippen LogP contribution >= 0.6 is 0 Å². The van der Waals surface area contributed by atoms with E-state index in [4.69, 9.17) is 0 Å². The van der Waals surface area contributed by atoms with Crippen LogP contribution in [0, 0.1) is 11.8 Å². The number of carbonyl (C=O) groups excluding carboxylic acids is 2. The quantitative estimate of drug-likeness (QED) is 0.682. The SMILES string of the molecule is C[C@@H]1C[C@H]1C(=O)NCCC(=O)NCCCn1cccn1. The first-order valence-corrected chi connectivity index (χ1v) is 7.18. The minimum absolute atomic E-state index is 0.0189. The normalized spacial score (nSPS) is 20.4. The average Bonchev–Trinajstić information content (AvgIpc) is 2.94. The highest BCUT2D eigenvalue weighted by Crippen LogP contribution is 2.37. The second kappa shape index (κ2) is 7.07. The van der Waals surface area contributed by atoms with Gasteiger partial charge in [-0.05, 0) is 24.8 Å². The Kier molecular flexibility index (Phi) is 5.15. The van der Waals surface area contributed by atoms with Gasteiger partial charge in [-0.3, -0.25) is 14.3 Å². The molecular formula is C14H22N4O2. The number of hydrogen-bond donors (Lipinski definition) is 2. The maximum Gasteiger partial charge on any atom is 0.223 e. The van der Waals surface area contributed by atoms with E-state index < -0.39 is 0 Å². The number of carbonyl (C=O) groups is 2. The predicted molar refractivity (Wildman–Crippen MR) is 74.8 cm³/mol. The molecule has 2 rings (SSSR count). The van der Waals surface area contributed by atoms with Gasteiger partial charge in [0.25, 0.3) is 0 Å². The standard InChI is InChI=1S/C14H22N4O2/c1-11-10-12(11)14(20)16-7-4-13(19)15-5-2-8-18-9-3-6-17-18/h3,6,9,11-12H,2,4-5,7-8,10H2,1H3,(H,15,19)(H,16,20)/t11-,12-/m1/s1. The van der Waals surface area contributed by atoms with Crippen LogP contribution < -0.4 is 10.6 Å². The molecule has 0 spiro atoms. The Bertz CT molecular complexity index is 444. The number of aryl methyl sites for hydroxylation is 1. The molecule has 1 aliphatic rings. The van der Waals surface area contributed by atoms with Crippen molar-refractivity contribution in [1.82, 2.24) is 20.4 Å². The van der Waals surface area contributed by atoms with Gasteiger partial charge in [-0.2, -0.15) is 5.10 Å². The number of rotatable bonds is 8. The highest BCUT2D eigenvalue weighted by atomic mass is 16.2. The zero-order valence-corrected chi connectivity index (χ0v) is 11.8. The third kappa shape index (κ3) is 4.68. The second-order valence-electron chi connectivity index (χ2n) is 5.33. The van der Waals surface area contributed by atoms with Crippen LogP contribution in [0.15, 0.2) is 18.5 Å². The van der Waals surface area contributed by atoms with Crippen molar-refractivity contribution in [2.75, 3.05) is 13.1 Å². The van der Waals surface area contributed by atoms with Gasteiger partial charge in [-0.1, -0.05) is 6.92 Å². The highest BCUT2D eigenvalue weighted by Gasteiger charge is 2.38. The Balaban J connectivity index is 1.47. The maximum atomic E-state index is 11.6. The lowest BCUT2D eigenvalue weighted by atomic mass is 10.3. The van der Waals surface area contributed by atoms with Crippen molar-refractivity contribution in [2.24, 2.45) is 11.8 Å². The first-order valence-electron chi connectivity index (χ1n) is 7.18. The maximum absolute atomic E-state index is 11.6. The number of nitrogens with one attached hydrogen (secondary N) is 2. The molecule has 20 heavy (non-hydrogen) atoms. The van der Waals surface area contributed by atoms with E-state index in [1.165, 1.54) is 0 Å². The van der Waals surface area contributed by atoms with E-state index in [1.807, 2.05) is 16.9 Å². The lowest BCUT2D eigenvalue weighted by Gasteiger charge is -2.06. The molecule has 0 aliphatic heterocycles. The first-order chi connectivity index (χ1) is 9.66. The summed E-state index contributed by atoms with van der Waals surface area (Å²) in [7, 11) is 0. The van der Waals surface area contributed by atoms with Crippen molar-refractivity contribution >= 4 is 11.8 Å². The van der Waals surface area contributed by atoms with E-state index in [2.05, 4.69) is 22.7 Å². The first kappa shape index (κ1) is 14.6. The number of aromatic nitrogens is 2. The van der Waals surface area contributed by atoms with Gasteiger partial charge in [0.05, 0.1) is 0 Å². The monoisotopic (exact) mass is 278 g/mol. The Labute approximate surface area is 118 Å². The van der Waals surface area contributed by atoms with Crippen molar-refractivity contribution in [3.8, 4) is 0 Å². The molecule has 0 radical (unpaired) electrons. The van der Waals surface area contributed by atoms with Crippen LogP contribution in [0.1, 0.15) is 26.2 Å². The lowest BCUT2D eigenvalue weighted by molar-refractivity contribution is -0.123. The van der Waals surface area contributed by atoms with Gasteiger partial charge in [0.15, 0.2) is 0 Å². The molecule has 0 bridgehead atoms. The Morgan fingerprint density at radius 3 is 2.80 bits per heavy atom. The summed E-state index contributed by atoms with van der Waals surface area (Å²) < 4.78 is 1.84. The minimum atomic E-state index is -0.0189. The van der Waals surface area contributed by atoms with Crippen LogP contribution in [0.2, 0.25) is 0 Å². The van der Waals surface area contributed by atoms with Gasteiger partial charge < -0.3 is 10.6 Å². The second-order valence-corrected chi connectivity index (χ2v) is 5.33. The Morgan fingerprint density at radius 2 is 2.15 bits per heavy atom. The predicted octanol–water partition coefficient (Wildman–Crippen LogP) is 0.552. The Morgan fingerprint density at radius 1 is 1.35 bits per heavy atom. The van der Waals surface area contributed by atoms with E-state index in [0.29, 0.717) is 25.4 Å². The summed E-state index contributed by atoms with van der Waals surface area (Å²) >= 11 is 0. The summed E-state index contributed by atoms with van der Waals surface area (Å²) in [6.45, 7) is 3.92. The van der Waals surface area contributed by atoms with Crippen molar-refractivity contribution in [1.29, 1.82) is 0 Å². The van der Waals surface area contributed by atoms with Crippen LogP contribution in [0.4, 0.5) is 0 Å². The lowest BCUT2D eigenvalue weighted by Crippen LogP contribution is -2.32. The number of nitrogens with zero attached hydrogens (tertiary/aromatic N) is 2.